The van der Waals surface area contributed by atoms with Crippen molar-refractivity contribution in [3.63, 3.8) is 0 Å². The molecular weight excluding hydrogens is 264 g/mol. The van der Waals surface area contributed by atoms with Gasteiger partial charge in [0.25, 0.3) is 0 Å². The number of nitrogens with zero attached hydrogens (tertiary/aromatic N) is 2. The van der Waals surface area contributed by atoms with Crippen molar-refractivity contribution in [2.45, 2.75) is 31.6 Å². The van der Waals surface area contributed by atoms with Crippen LogP contribution < -0.4 is 0 Å². The normalized spacial score (nSPS) is 27.6. The maximum Gasteiger partial charge on any atom is 0.0991 e. The van der Waals surface area contributed by atoms with E-state index in [1.165, 1.54) is 30.7 Å². The summed E-state index contributed by atoms with van der Waals surface area (Å²) in [5, 5.41) is 12.3. The summed E-state index contributed by atoms with van der Waals surface area (Å²) in [4.78, 5) is 4.87. The molecule has 1 aromatic heterocycles. The molecule has 2 aromatic rings. The van der Waals surface area contributed by atoms with Crippen molar-refractivity contribution in [2.24, 2.45) is 11.8 Å². The highest BCUT2D eigenvalue weighted by Gasteiger charge is 2.41. The number of nitriles is 1. The lowest BCUT2D eigenvalue weighted by molar-refractivity contribution is 0.419. The van der Waals surface area contributed by atoms with Crippen molar-refractivity contribution in [3.8, 4) is 17.3 Å². The molecule has 0 saturated heterocycles. The van der Waals surface area contributed by atoms with E-state index in [1.807, 2.05) is 35.6 Å². The molecule has 2 aliphatic carbocycles. The zero-order valence-corrected chi connectivity index (χ0v) is 12.1. The molecule has 3 heteroatoms. The Morgan fingerprint density at radius 3 is 2.65 bits per heavy atom. The largest absolute Gasteiger partial charge is 0.241 e. The molecule has 100 valence electrons. The van der Waals surface area contributed by atoms with Crippen LogP contribution in [0.25, 0.3) is 11.3 Å². The third kappa shape index (κ3) is 1.96. The molecule has 2 fully saturated rings. The minimum Gasteiger partial charge on any atom is -0.241 e. The van der Waals surface area contributed by atoms with Gasteiger partial charge < -0.3 is 0 Å². The smallest absolute Gasteiger partial charge is 0.0991 e. The highest BCUT2D eigenvalue weighted by Crippen LogP contribution is 2.53. The van der Waals surface area contributed by atoms with Gasteiger partial charge in [0.2, 0.25) is 0 Å². The Morgan fingerprint density at radius 2 is 2.00 bits per heavy atom. The van der Waals surface area contributed by atoms with Crippen LogP contribution in [0.2, 0.25) is 0 Å². The van der Waals surface area contributed by atoms with Crippen molar-refractivity contribution in [3.05, 3.63) is 40.2 Å². The van der Waals surface area contributed by atoms with Crippen molar-refractivity contribution < 1.29 is 0 Å². The quantitative estimate of drug-likeness (QED) is 0.807. The van der Waals surface area contributed by atoms with E-state index in [0.29, 0.717) is 11.5 Å². The molecule has 20 heavy (non-hydrogen) atoms. The Labute approximate surface area is 123 Å². The molecule has 0 radical (unpaired) electrons. The topological polar surface area (TPSA) is 36.7 Å². The van der Waals surface area contributed by atoms with Gasteiger partial charge in [-0.25, -0.2) is 4.98 Å². The van der Waals surface area contributed by atoms with E-state index in [-0.39, 0.29) is 0 Å². The molecule has 3 unspecified atom stereocenters. The summed E-state index contributed by atoms with van der Waals surface area (Å²) in [5.74, 6) is 2.57. The second kappa shape index (κ2) is 4.71. The maximum atomic E-state index is 8.84. The summed E-state index contributed by atoms with van der Waals surface area (Å²) < 4.78 is 0. The molecule has 3 atom stereocenters. The van der Waals surface area contributed by atoms with Crippen molar-refractivity contribution in [1.29, 1.82) is 5.26 Å². The van der Waals surface area contributed by atoms with Gasteiger partial charge in [-0.05, 0) is 43.2 Å². The maximum absolute atomic E-state index is 8.84. The van der Waals surface area contributed by atoms with Gasteiger partial charge in [0.05, 0.1) is 22.3 Å². The van der Waals surface area contributed by atoms with Crippen LogP contribution in [-0.2, 0) is 0 Å². The molecule has 4 rings (SSSR count). The Morgan fingerprint density at radius 1 is 1.15 bits per heavy atom. The molecule has 0 amide bonds. The van der Waals surface area contributed by atoms with Crippen LogP contribution in [0.5, 0.6) is 0 Å². The average molecular weight is 280 g/mol. The van der Waals surface area contributed by atoms with Crippen LogP contribution in [0, 0.1) is 23.2 Å². The van der Waals surface area contributed by atoms with Gasteiger partial charge >= 0.3 is 0 Å². The first-order valence-corrected chi connectivity index (χ1v) is 8.17. The monoisotopic (exact) mass is 280 g/mol. The molecule has 2 nitrogen and oxygen atoms in total. The lowest BCUT2D eigenvalue weighted by atomic mass is 9.89. The Bertz CT molecular complexity index is 665. The Hall–Kier alpha value is -1.66. The number of hydrogen-bond donors (Lipinski definition) is 0. The van der Waals surface area contributed by atoms with Crippen LogP contribution in [0.15, 0.2) is 29.6 Å². The molecule has 2 saturated carbocycles. The predicted octanol–water partition coefficient (Wildman–Crippen LogP) is 4.59. The summed E-state index contributed by atoms with van der Waals surface area (Å²) in [5.41, 5.74) is 2.89. The fourth-order valence-electron chi connectivity index (χ4n) is 3.85. The third-order valence-electron chi connectivity index (χ3n) is 4.89. The summed E-state index contributed by atoms with van der Waals surface area (Å²) in [6, 6.07) is 9.89. The summed E-state index contributed by atoms with van der Waals surface area (Å²) >= 11 is 1.82. The first kappa shape index (κ1) is 12.1. The molecule has 0 N–H and O–H groups in total. The SMILES string of the molecule is N#Cc1ccc(-c2csc(C3CC4CCC3C4)n2)cc1. The van der Waals surface area contributed by atoms with Crippen molar-refractivity contribution in [2.75, 3.05) is 0 Å². The number of rotatable bonds is 2. The lowest BCUT2D eigenvalue weighted by Gasteiger charge is -2.18. The van der Waals surface area contributed by atoms with Gasteiger partial charge in [-0.3, -0.25) is 0 Å². The minimum absolute atomic E-state index is 0.706. The number of aromatic nitrogens is 1. The van der Waals surface area contributed by atoms with Crippen molar-refractivity contribution >= 4 is 11.3 Å². The van der Waals surface area contributed by atoms with Crippen LogP contribution in [0.1, 0.15) is 42.2 Å². The van der Waals surface area contributed by atoms with Crippen LogP contribution in [-0.4, -0.2) is 4.98 Å². The average Bonchev–Trinajstić information content (AvgIpc) is 3.23. The highest BCUT2D eigenvalue weighted by molar-refractivity contribution is 7.10. The van der Waals surface area contributed by atoms with Crippen molar-refractivity contribution in [1.82, 2.24) is 4.98 Å². The second-order valence-electron chi connectivity index (χ2n) is 6.04. The van der Waals surface area contributed by atoms with E-state index >= 15 is 0 Å². The molecular formula is C17H16N2S. The number of hydrogen-bond acceptors (Lipinski definition) is 3. The van der Waals surface area contributed by atoms with E-state index < -0.39 is 0 Å². The molecule has 0 aliphatic heterocycles. The fourth-order valence-corrected chi connectivity index (χ4v) is 4.89. The summed E-state index contributed by atoms with van der Waals surface area (Å²) in [7, 11) is 0. The molecule has 2 aliphatic rings. The molecule has 1 heterocycles. The van der Waals surface area contributed by atoms with E-state index in [0.717, 1.165) is 23.1 Å². The third-order valence-corrected chi connectivity index (χ3v) is 5.86. The van der Waals surface area contributed by atoms with Gasteiger partial charge in [-0.15, -0.1) is 11.3 Å². The van der Waals surface area contributed by atoms with Crippen LogP contribution >= 0.6 is 11.3 Å². The van der Waals surface area contributed by atoms with E-state index in [9.17, 15) is 0 Å². The predicted molar refractivity (Wildman–Crippen MR) is 80.5 cm³/mol. The number of thiazole rings is 1. The molecule has 0 spiro atoms. The standard InChI is InChI=1S/C17H16N2S/c18-9-11-1-4-13(5-2-11)16-10-20-17(19-16)15-8-12-3-6-14(15)7-12/h1-2,4-5,10,12,14-15H,3,6-8H2. The fraction of sp³-hybridized carbons (Fsp3) is 0.412. The van der Waals surface area contributed by atoms with Gasteiger partial charge in [-0.1, -0.05) is 18.6 Å². The van der Waals surface area contributed by atoms with Crippen LogP contribution in [0.3, 0.4) is 0 Å². The first-order chi connectivity index (χ1) is 9.83. The summed E-state index contributed by atoms with van der Waals surface area (Å²) in [6.07, 6.45) is 5.62. The van der Waals surface area contributed by atoms with Gasteiger partial charge in [0.15, 0.2) is 0 Å². The van der Waals surface area contributed by atoms with Gasteiger partial charge in [0, 0.05) is 16.9 Å². The number of benzene rings is 1. The minimum atomic E-state index is 0.706. The zero-order valence-electron chi connectivity index (χ0n) is 11.2. The first-order valence-electron chi connectivity index (χ1n) is 7.29. The molecule has 2 bridgehead atoms. The highest BCUT2D eigenvalue weighted by atomic mass is 32.1. The van der Waals surface area contributed by atoms with E-state index in [1.54, 1.807) is 0 Å². The lowest BCUT2D eigenvalue weighted by Crippen LogP contribution is -2.07. The Kier molecular flexibility index (Phi) is 2.85. The summed E-state index contributed by atoms with van der Waals surface area (Å²) in [6.45, 7) is 0. The van der Waals surface area contributed by atoms with E-state index in [4.69, 9.17) is 10.2 Å². The van der Waals surface area contributed by atoms with Gasteiger partial charge in [0.1, 0.15) is 0 Å². The Balaban J connectivity index is 1.60. The number of fused-ring (bicyclic) bond motifs is 2. The van der Waals surface area contributed by atoms with Gasteiger partial charge in [-0.2, -0.15) is 5.26 Å². The van der Waals surface area contributed by atoms with E-state index in [2.05, 4.69) is 11.4 Å². The second-order valence-corrected chi connectivity index (χ2v) is 6.93. The zero-order chi connectivity index (χ0) is 13.5. The van der Waals surface area contributed by atoms with Crippen LogP contribution in [0.4, 0.5) is 0 Å². The molecule has 1 aromatic carbocycles.